The van der Waals surface area contributed by atoms with Crippen LogP contribution in [-0.2, 0) is 22.6 Å². The number of aromatic hydroxyl groups is 1. The van der Waals surface area contributed by atoms with Crippen molar-refractivity contribution in [3.63, 3.8) is 0 Å². The van der Waals surface area contributed by atoms with E-state index >= 15 is 0 Å². The van der Waals surface area contributed by atoms with Gasteiger partial charge in [0, 0.05) is 41.2 Å². The second kappa shape index (κ2) is 9.05. The maximum Gasteiger partial charge on any atom is 0.255 e. The fourth-order valence-electron chi connectivity index (χ4n) is 8.21. The van der Waals surface area contributed by atoms with Gasteiger partial charge in [-0.05, 0) is 64.6 Å². The quantitative estimate of drug-likeness (QED) is 0.334. The Morgan fingerprint density at radius 3 is 2.33 bits per heavy atom. The summed E-state index contributed by atoms with van der Waals surface area (Å²) in [5.74, 6) is -6.13. The van der Waals surface area contributed by atoms with E-state index in [2.05, 4.69) is 4.90 Å². The van der Waals surface area contributed by atoms with Gasteiger partial charge in [-0.25, -0.2) is 0 Å². The van der Waals surface area contributed by atoms with Crippen molar-refractivity contribution >= 4 is 17.5 Å². The van der Waals surface area contributed by atoms with Crippen molar-refractivity contribution in [3.8, 4) is 11.5 Å². The molecule has 6 N–H and O–H groups in total. The first-order valence-electron chi connectivity index (χ1n) is 13.7. The smallest absolute Gasteiger partial charge is 0.255 e. The number of rotatable bonds is 5. The number of phenolic OH excluding ortho intramolecular Hbond substituents is 1. The van der Waals surface area contributed by atoms with Crippen LogP contribution in [0.15, 0.2) is 28.7 Å². The molecule has 1 aromatic carbocycles. The van der Waals surface area contributed by atoms with Crippen LogP contribution < -0.4 is 10.5 Å². The molecule has 2 bridgehead atoms. The topological polar surface area (TPSA) is 174 Å². The summed E-state index contributed by atoms with van der Waals surface area (Å²) < 4.78 is 5.84. The van der Waals surface area contributed by atoms with Gasteiger partial charge in [0.2, 0.25) is 5.78 Å². The van der Waals surface area contributed by atoms with Crippen LogP contribution in [0.25, 0.3) is 0 Å². The number of phenols is 1. The zero-order chi connectivity index (χ0) is 28.8. The maximum atomic E-state index is 13.9. The molecule has 0 aromatic heterocycles. The van der Waals surface area contributed by atoms with E-state index in [1.165, 1.54) is 18.1 Å². The van der Waals surface area contributed by atoms with Gasteiger partial charge in [-0.2, -0.15) is 0 Å². The molecule has 0 saturated carbocycles. The molecule has 214 valence electrons. The number of aliphatic hydroxyl groups excluding tert-OH is 2. The molecule has 2 aliphatic heterocycles. The molecule has 5 aliphatic rings. The number of fused-ring (bicyclic) bond motifs is 5. The predicted molar refractivity (Wildman–Crippen MR) is 142 cm³/mol. The van der Waals surface area contributed by atoms with Crippen molar-refractivity contribution < 1.29 is 39.5 Å². The summed E-state index contributed by atoms with van der Waals surface area (Å²) in [6.45, 7) is 0.584. The lowest BCUT2D eigenvalue weighted by atomic mass is 9.58. The Morgan fingerprint density at radius 1 is 1.15 bits per heavy atom. The average molecular weight is 554 g/mol. The first-order valence-corrected chi connectivity index (χ1v) is 13.7. The zero-order valence-corrected chi connectivity index (χ0v) is 22.8. The summed E-state index contributed by atoms with van der Waals surface area (Å²) in [5.41, 5.74) is 2.99. The zero-order valence-electron chi connectivity index (χ0n) is 22.8. The number of Topliss-reactive ketones (excluding diaryl/α,β-unsaturated/α-hetero) is 2. The van der Waals surface area contributed by atoms with Crippen molar-refractivity contribution in [1.29, 1.82) is 0 Å². The van der Waals surface area contributed by atoms with E-state index in [1.807, 2.05) is 0 Å². The van der Waals surface area contributed by atoms with Gasteiger partial charge in [0.05, 0.1) is 18.7 Å². The molecule has 0 radical (unpaired) electrons. The van der Waals surface area contributed by atoms with Crippen LogP contribution in [0.2, 0.25) is 0 Å². The number of likely N-dealkylation sites (N-methyl/N-ethyl adjacent to an activating group) is 1. The molecule has 6 rings (SSSR count). The standard InChI is InChI=1S/C29H35N3O8/c1-31(2)22-17-9-12-8-16-20(18(33)10-13(25(16)40-3)11-32-14-4-5-15(32)7-6-14)23(34)19(12)26(36)29(17,39)27(37)21(24(22)35)28(30)38/h10,12,14-15,17,22,33,35-36,39H,4-9,11H2,1-3H3,(H2,30,38)/t12-,14?,15?,17-,22-,29-/m0/s1. The fourth-order valence-corrected chi connectivity index (χ4v) is 8.21. The molecule has 40 heavy (non-hydrogen) atoms. The molecular formula is C29H35N3O8. The second-order valence-electron chi connectivity index (χ2n) is 12.0. The van der Waals surface area contributed by atoms with Gasteiger partial charge >= 0.3 is 0 Å². The molecule has 2 heterocycles. The van der Waals surface area contributed by atoms with Crippen LogP contribution in [0, 0.1) is 11.8 Å². The van der Waals surface area contributed by atoms with Crippen molar-refractivity contribution in [2.24, 2.45) is 17.6 Å². The van der Waals surface area contributed by atoms with E-state index in [4.69, 9.17) is 10.5 Å². The van der Waals surface area contributed by atoms with Crippen LogP contribution >= 0.6 is 0 Å². The third kappa shape index (κ3) is 3.44. The highest BCUT2D eigenvalue weighted by Crippen LogP contribution is 2.53. The first kappa shape index (κ1) is 26.8. The minimum absolute atomic E-state index is 0.0363. The lowest BCUT2D eigenvalue weighted by Crippen LogP contribution is -2.63. The summed E-state index contributed by atoms with van der Waals surface area (Å²) in [7, 11) is 4.73. The number of ketones is 2. The number of primary amides is 1. The van der Waals surface area contributed by atoms with E-state index in [1.54, 1.807) is 14.1 Å². The minimum Gasteiger partial charge on any atom is -0.510 e. The highest BCUT2D eigenvalue weighted by atomic mass is 16.5. The summed E-state index contributed by atoms with van der Waals surface area (Å²) in [6.07, 6.45) is 4.82. The van der Waals surface area contributed by atoms with E-state index < -0.39 is 58.0 Å². The fraction of sp³-hybridized carbons (Fsp3) is 0.552. The number of benzene rings is 1. The Balaban J connectivity index is 1.47. The van der Waals surface area contributed by atoms with Crippen molar-refractivity contribution in [1.82, 2.24) is 9.80 Å². The first-order chi connectivity index (χ1) is 18.9. The van der Waals surface area contributed by atoms with Crippen LogP contribution in [0.3, 0.4) is 0 Å². The van der Waals surface area contributed by atoms with Gasteiger partial charge in [0.15, 0.2) is 11.4 Å². The second-order valence-corrected chi connectivity index (χ2v) is 12.0. The van der Waals surface area contributed by atoms with Gasteiger partial charge in [0.25, 0.3) is 5.91 Å². The van der Waals surface area contributed by atoms with Crippen molar-refractivity contribution in [3.05, 3.63) is 45.4 Å². The molecule has 2 fully saturated rings. The molecule has 3 aliphatic carbocycles. The predicted octanol–water partition coefficient (Wildman–Crippen LogP) is 1.26. The van der Waals surface area contributed by atoms with Gasteiger partial charge in [-0.15, -0.1) is 0 Å². The number of nitrogens with two attached hydrogens (primary N) is 1. The largest absolute Gasteiger partial charge is 0.510 e. The Hall–Kier alpha value is -3.41. The Kier molecular flexibility index (Phi) is 6.06. The normalized spacial score (nSPS) is 33.4. The molecule has 1 aromatic rings. The highest BCUT2D eigenvalue weighted by molar-refractivity contribution is 6.24. The summed E-state index contributed by atoms with van der Waals surface area (Å²) in [6, 6.07) is 1.49. The van der Waals surface area contributed by atoms with E-state index in [-0.39, 0.29) is 29.7 Å². The molecule has 0 unspecified atom stereocenters. The number of carbonyl (C=O) groups excluding carboxylic acids is 3. The summed E-state index contributed by atoms with van der Waals surface area (Å²) >= 11 is 0. The van der Waals surface area contributed by atoms with Crippen molar-refractivity contribution in [2.75, 3.05) is 21.2 Å². The summed E-state index contributed by atoms with van der Waals surface area (Å²) in [4.78, 5) is 43.4. The third-order valence-electron chi connectivity index (χ3n) is 9.91. The average Bonchev–Trinajstić information content (AvgIpc) is 3.44. The Morgan fingerprint density at radius 2 is 1.77 bits per heavy atom. The SMILES string of the molecule is COc1c(CN2C3CCC2CC3)cc(O)c2c1C[C@H]1C[C@H]3[C@H](N(C)C)C(O)=C(C(N)=O)C(=O)[C@@]3(O)C(O)=C1C2=O. The number of hydrogen-bond donors (Lipinski definition) is 5. The Labute approximate surface area is 231 Å². The number of aliphatic hydroxyl groups is 3. The number of allylic oxidation sites excluding steroid dienone is 1. The highest BCUT2D eigenvalue weighted by Gasteiger charge is 2.63. The minimum atomic E-state index is -2.65. The van der Waals surface area contributed by atoms with Gasteiger partial charge in [-0.1, -0.05) is 0 Å². The number of ether oxygens (including phenoxy) is 1. The van der Waals surface area contributed by atoms with Crippen LogP contribution in [0.5, 0.6) is 11.5 Å². The molecular weight excluding hydrogens is 518 g/mol. The molecule has 2 saturated heterocycles. The number of amides is 1. The molecule has 11 heteroatoms. The van der Waals surface area contributed by atoms with Crippen molar-refractivity contribution in [2.45, 2.75) is 68.8 Å². The third-order valence-corrected chi connectivity index (χ3v) is 9.91. The number of hydrogen-bond acceptors (Lipinski definition) is 10. The van der Waals surface area contributed by atoms with Gasteiger partial charge < -0.3 is 30.9 Å². The summed E-state index contributed by atoms with van der Waals surface area (Å²) in [5, 5.41) is 45.2. The van der Waals surface area contributed by atoms with E-state index in [0.717, 1.165) is 31.2 Å². The molecule has 4 atom stereocenters. The lowest BCUT2D eigenvalue weighted by molar-refractivity contribution is -0.148. The molecule has 0 spiro atoms. The number of methoxy groups -OCH3 is 1. The number of nitrogens with zero attached hydrogens (tertiary/aromatic N) is 2. The van der Waals surface area contributed by atoms with Gasteiger partial charge in [0.1, 0.15) is 28.6 Å². The molecule has 1 amide bonds. The van der Waals surface area contributed by atoms with Gasteiger partial charge in [-0.3, -0.25) is 24.2 Å². The number of carbonyl (C=O) groups is 3. The van der Waals surface area contributed by atoms with Crippen LogP contribution in [0.1, 0.15) is 53.6 Å². The van der Waals surface area contributed by atoms with Crippen LogP contribution in [-0.4, -0.2) is 92.6 Å². The van der Waals surface area contributed by atoms with Crippen LogP contribution in [0.4, 0.5) is 0 Å². The maximum absolute atomic E-state index is 13.9. The van der Waals surface area contributed by atoms with E-state index in [0.29, 0.717) is 29.9 Å². The van der Waals surface area contributed by atoms with E-state index in [9.17, 15) is 34.8 Å². The monoisotopic (exact) mass is 553 g/mol. The Bertz CT molecular complexity index is 1390. The molecule has 11 nitrogen and oxygen atoms in total. The lowest BCUT2D eigenvalue weighted by Gasteiger charge is -2.50.